The Bertz CT molecular complexity index is 1540. The third-order valence-corrected chi connectivity index (χ3v) is 5.16. The van der Waals surface area contributed by atoms with Crippen LogP contribution in [0, 0.1) is 5.82 Å². The van der Waals surface area contributed by atoms with Gasteiger partial charge in [-0.1, -0.05) is 12.1 Å². The number of nitrogens with zero attached hydrogens (tertiary/aromatic N) is 5. The molecule has 0 saturated carbocycles. The number of rotatable bonds is 5. The lowest BCUT2D eigenvalue weighted by Gasteiger charge is -2.09. The maximum absolute atomic E-state index is 13.4. The van der Waals surface area contributed by atoms with Crippen molar-refractivity contribution in [2.75, 3.05) is 12.5 Å². The SMILES string of the molecule is COCc1nn2c(ncc3c(=O)n(NC(=O)c4ccncc4)ccc32)c1-c1ccc(F)cc1. The van der Waals surface area contributed by atoms with Gasteiger partial charge in [0.15, 0.2) is 5.65 Å². The summed E-state index contributed by atoms with van der Waals surface area (Å²) in [5, 5.41) is 4.86. The van der Waals surface area contributed by atoms with Crippen molar-refractivity contribution in [1.82, 2.24) is 24.3 Å². The van der Waals surface area contributed by atoms with E-state index in [9.17, 15) is 14.0 Å². The zero-order chi connectivity index (χ0) is 22.9. The molecule has 10 heteroatoms. The molecule has 4 aromatic heterocycles. The molecule has 5 rings (SSSR count). The molecule has 1 amide bonds. The maximum Gasteiger partial charge on any atom is 0.280 e. The fourth-order valence-electron chi connectivity index (χ4n) is 3.63. The molecule has 1 N–H and O–H groups in total. The Hall–Kier alpha value is -4.44. The topological polar surface area (TPSA) is 103 Å². The largest absolute Gasteiger partial charge is 0.378 e. The molecular formula is C23H17FN6O3. The molecule has 0 atom stereocenters. The Kier molecular flexibility index (Phi) is 5.11. The van der Waals surface area contributed by atoms with Crippen molar-refractivity contribution in [2.45, 2.75) is 6.61 Å². The Morgan fingerprint density at radius 2 is 1.88 bits per heavy atom. The van der Waals surface area contributed by atoms with Gasteiger partial charge in [-0.2, -0.15) is 5.10 Å². The standard InChI is InChI=1S/C23H17FN6O3/c1-33-13-18-20(14-2-4-16(24)5-3-14)21-26-12-17-19(30(21)27-18)8-11-29(23(17)32)28-22(31)15-6-9-25-10-7-15/h2-12H,13H2,1H3,(H,28,31). The van der Waals surface area contributed by atoms with Crippen molar-refractivity contribution < 1.29 is 13.9 Å². The Morgan fingerprint density at radius 1 is 1.12 bits per heavy atom. The molecule has 0 unspecified atom stereocenters. The van der Waals surface area contributed by atoms with Crippen LogP contribution in [-0.2, 0) is 11.3 Å². The highest BCUT2D eigenvalue weighted by atomic mass is 19.1. The van der Waals surface area contributed by atoms with Crippen LogP contribution in [0.3, 0.4) is 0 Å². The van der Waals surface area contributed by atoms with Crippen LogP contribution in [0.25, 0.3) is 27.7 Å². The summed E-state index contributed by atoms with van der Waals surface area (Å²) in [5.41, 5.74) is 5.48. The fraction of sp³-hybridized carbons (Fsp3) is 0.0870. The van der Waals surface area contributed by atoms with E-state index in [1.54, 1.807) is 42.0 Å². The number of carbonyl (C=O) groups excluding carboxylic acids is 1. The summed E-state index contributed by atoms with van der Waals surface area (Å²) in [5.74, 6) is -0.802. The van der Waals surface area contributed by atoms with Crippen LogP contribution in [0.4, 0.5) is 4.39 Å². The molecule has 0 fully saturated rings. The fourth-order valence-corrected chi connectivity index (χ4v) is 3.63. The highest BCUT2D eigenvalue weighted by Crippen LogP contribution is 2.29. The second kappa shape index (κ2) is 8.24. The number of fused-ring (bicyclic) bond motifs is 3. The van der Waals surface area contributed by atoms with Gasteiger partial charge in [-0.15, -0.1) is 0 Å². The summed E-state index contributed by atoms with van der Waals surface area (Å²) < 4.78 is 21.4. The van der Waals surface area contributed by atoms with Crippen LogP contribution >= 0.6 is 0 Å². The van der Waals surface area contributed by atoms with Gasteiger partial charge in [-0.25, -0.2) is 18.6 Å². The number of hydrogen-bond acceptors (Lipinski definition) is 6. The minimum Gasteiger partial charge on any atom is -0.378 e. The second-order valence-electron chi connectivity index (χ2n) is 7.22. The molecule has 164 valence electrons. The number of methoxy groups -OCH3 is 1. The van der Waals surface area contributed by atoms with Gasteiger partial charge in [0, 0.05) is 37.5 Å². The van der Waals surface area contributed by atoms with Crippen molar-refractivity contribution >= 4 is 22.5 Å². The van der Waals surface area contributed by atoms with Crippen LogP contribution in [0.5, 0.6) is 0 Å². The molecular weight excluding hydrogens is 427 g/mol. The highest BCUT2D eigenvalue weighted by Gasteiger charge is 2.19. The van der Waals surface area contributed by atoms with Gasteiger partial charge < -0.3 is 4.74 Å². The zero-order valence-electron chi connectivity index (χ0n) is 17.4. The summed E-state index contributed by atoms with van der Waals surface area (Å²) in [4.78, 5) is 33.8. The smallest absolute Gasteiger partial charge is 0.280 e. The number of halogens is 1. The molecule has 4 heterocycles. The number of benzene rings is 1. The molecule has 0 bridgehead atoms. The molecule has 0 saturated heterocycles. The van der Waals surface area contributed by atoms with Crippen molar-refractivity contribution in [3.63, 3.8) is 0 Å². The van der Waals surface area contributed by atoms with Crippen molar-refractivity contribution in [1.29, 1.82) is 0 Å². The molecule has 33 heavy (non-hydrogen) atoms. The first-order valence-electron chi connectivity index (χ1n) is 9.95. The third-order valence-electron chi connectivity index (χ3n) is 5.16. The van der Waals surface area contributed by atoms with E-state index in [0.29, 0.717) is 28.0 Å². The number of carbonyl (C=O) groups is 1. The zero-order valence-corrected chi connectivity index (χ0v) is 17.4. The molecule has 0 aliphatic rings. The first-order valence-corrected chi connectivity index (χ1v) is 9.95. The number of pyridine rings is 2. The van der Waals surface area contributed by atoms with E-state index in [1.807, 2.05) is 0 Å². The number of amides is 1. The van der Waals surface area contributed by atoms with E-state index in [2.05, 4.69) is 20.5 Å². The van der Waals surface area contributed by atoms with Gasteiger partial charge in [0.05, 0.1) is 28.8 Å². The van der Waals surface area contributed by atoms with Crippen molar-refractivity contribution in [3.8, 4) is 11.1 Å². The van der Waals surface area contributed by atoms with Crippen molar-refractivity contribution in [3.05, 3.63) is 94.7 Å². The van der Waals surface area contributed by atoms with E-state index >= 15 is 0 Å². The third kappa shape index (κ3) is 3.62. The van der Waals surface area contributed by atoms with E-state index in [4.69, 9.17) is 4.74 Å². The molecule has 5 aromatic rings. The molecule has 0 aliphatic carbocycles. The van der Waals surface area contributed by atoms with Gasteiger partial charge in [0.1, 0.15) is 5.82 Å². The monoisotopic (exact) mass is 444 g/mol. The van der Waals surface area contributed by atoms with Crippen LogP contribution in [-0.4, -0.2) is 37.3 Å². The van der Waals surface area contributed by atoms with Crippen molar-refractivity contribution in [2.24, 2.45) is 0 Å². The van der Waals surface area contributed by atoms with Gasteiger partial charge in [-0.05, 0) is 35.9 Å². The lowest BCUT2D eigenvalue weighted by Crippen LogP contribution is -2.33. The maximum atomic E-state index is 13.4. The van der Waals surface area contributed by atoms with Crippen LogP contribution in [0.1, 0.15) is 16.1 Å². The van der Waals surface area contributed by atoms with E-state index < -0.39 is 11.5 Å². The summed E-state index contributed by atoms with van der Waals surface area (Å²) in [6, 6.07) is 10.8. The van der Waals surface area contributed by atoms with E-state index in [1.165, 1.54) is 36.9 Å². The number of aromatic nitrogens is 5. The molecule has 1 aromatic carbocycles. The Balaban J connectivity index is 1.64. The lowest BCUT2D eigenvalue weighted by atomic mass is 10.1. The highest BCUT2D eigenvalue weighted by molar-refractivity contribution is 6.00. The average Bonchev–Trinajstić information content (AvgIpc) is 3.20. The summed E-state index contributed by atoms with van der Waals surface area (Å²) in [6.45, 7) is 0.205. The molecule has 0 aliphatic heterocycles. The first-order chi connectivity index (χ1) is 16.1. The quantitative estimate of drug-likeness (QED) is 0.447. The molecule has 9 nitrogen and oxygen atoms in total. The van der Waals surface area contributed by atoms with Crippen LogP contribution < -0.4 is 11.0 Å². The minimum absolute atomic E-state index is 0.205. The van der Waals surface area contributed by atoms with Gasteiger partial charge in [0.25, 0.3) is 11.5 Å². The van der Waals surface area contributed by atoms with E-state index in [-0.39, 0.29) is 17.8 Å². The van der Waals surface area contributed by atoms with Gasteiger partial charge >= 0.3 is 0 Å². The first kappa shape index (κ1) is 20.5. The summed E-state index contributed by atoms with van der Waals surface area (Å²) in [6.07, 6.45) is 5.88. The number of nitrogens with one attached hydrogen (secondary N) is 1. The Labute approximate surface area is 186 Å². The molecule has 0 radical (unpaired) electrons. The predicted molar refractivity (Wildman–Crippen MR) is 119 cm³/mol. The van der Waals surface area contributed by atoms with Crippen LogP contribution in [0.15, 0.2) is 72.0 Å². The molecule has 0 spiro atoms. The predicted octanol–water partition coefficient (Wildman–Crippen LogP) is 2.78. The number of ether oxygens (including phenoxy) is 1. The lowest BCUT2D eigenvalue weighted by molar-refractivity contribution is 0.101. The normalized spacial score (nSPS) is 11.2. The number of hydrogen-bond donors (Lipinski definition) is 1. The Morgan fingerprint density at radius 3 is 2.61 bits per heavy atom. The second-order valence-corrected chi connectivity index (χ2v) is 7.22. The summed E-state index contributed by atoms with van der Waals surface area (Å²) >= 11 is 0. The van der Waals surface area contributed by atoms with Gasteiger partial charge in [0.2, 0.25) is 0 Å². The van der Waals surface area contributed by atoms with Crippen LogP contribution in [0.2, 0.25) is 0 Å². The summed E-state index contributed by atoms with van der Waals surface area (Å²) in [7, 11) is 1.55. The van der Waals surface area contributed by atoms with E-state index in [0.717, 1.165) is 10.2 Å². The average molecular weight is 444 g/mol. The minimum atomic E-state index is -0.462. The van der Waals surface area contributed by atoms with Gasteiger partial charge in [-0.3, -0.25) is 20.0 Å².